The van der Waals surface area contributed by atoms with Gasteiger partial charge in [0.2, 0.25) is 0 Å². The third-order valence-electron chi connectivity index (χ3n) is 3.74. The van der Waals surface area contributed by atoms with E-state index in [9.17, 15) is 5.11 Å². The monoisotopic (exact) mass is 198 g/mol. The van der Waals surface area contributed by atoms with Crippen LogP contribution in [0.2, 0.25) is 0 Å². The van der Waals surface area contributed by atoms with E-state index in [4.69, 9.17) is 0 Å². The summed E-state index contributed by atoms with van der Waals surface area (Å²) in [5.74, 6) is 1.66. The van der Waals surface area contributed by atoms with E-state index < -0.39 is 0 Å². The first-order chi connectivity index (χ1) is 6.72. The van der Waals surface area contributed by atoms with Crippen LogP contribution < -0.4 is 5.32 Å². The van der Waals surface area contributed by atoms with Crippen molar-refractivity contribution in [3.8, 4) is 0 Å². The van der Waals surface area contributed by atoms with Gasteiger partial charge in [-0.3, -0.25) is 4.90 Å². The predicted molar refractivity (Wildman–Crippen MR) is 57.2 cm³/mol. The summed E-state index contributed by atoms with van der Waals surface area (Å²) in [5, 5.41) is 12.9. The third-order valence-corrected chi connectivity index (χ3v) is 3.74. The van der Waals surface area contributed by atoms with Crippen molar-refractivity contribution < 1.29 is 5.11 Å². The first kappa shape index (κ1) is 10.4. The molecule has 2 heterocycles. The third kappa shape index (κ3) is 1.81. The Morgan fingerprint density at radius 2 is 2.29 bits per heavy atom. The molecule has 2 aliphatic heterocycles. The van der Waals surface area contributed by atoms with Crippen molar-refractivity contribution >= 4 is 0 Å². The minimum absolute atomic E-state index is 0.184. The quantitative estimate of drug-likeness (QED) is 0.684. The molecular weight excluding hydrogens is 176 g/mol. The fraction of sp³-hybridized carbons (Fsp3) is 1.00. The van der Waals surface area contributed by atoms with E-state index in [1.165, 1.54) is 26.1 Å². The number of nitrogens with one attached hydrogen (secondary N) is 1. The van der Waals surface area contributed by atoms with Gasteiger partial charge in [0, 0.05) is 19.1 Å². The number of aliphatic hydroxyl groups excluding tert-OH is 1. The van der Waals surface area contributed by atoms with Crippen LogP contribution >= 0.6 is 0 Å². The topological polar surface area (TPSA) is 35.5 Å². The number of aliphatic hydroxyl groups is 1. The second kappa shape index (κ2) is 4.17. The first-order valence-electron chi connectivity index (χ1n) is 5.85. The van der Waals surface area contributed by atoms with E-state index in [0.717, 1.165) is 18.4 Å². The van der Waals surface area contributed by atoms with E-state index in [1.807, 2.05) is 6.92 Å². The molecule has 0 amide bonds. The lowest BCUT2D eigenvalue weighted by molar-refractivity contribution is 0.109. The fourth-order valence-electron chi connectivity index (χ4n) is 3.22. The highest BCUT2D eigenvalue weighted by Gasteiger charge is 2.42. The molecule has 2 aliphatic rings. The second-order valence-electron chi connectivity index (χ2n) is 4.86. The number of nitrogens with zero attached hydrogens (tertiary/aromatic N) is 1. The molecule has 2 N–H and O–H groups in total. The SMILES string of the molecule is CCC1C2CNCC2CN1C[C@H](C)O. The molecule has 4 atom stereocenters. The van der Waals surface area contributed by atoms with E-state index >= 15 is 0 Å². The van der Waals surface area contributed by atoms with Gasteiger partial charge >= 0.3 is 0 Å². The molecule has 3 heteroatoms. The molecule has 2 saturated heterocycles. The number of rotatable bonds is 3. The molecule has 0 bridgehead atoms. The lowest BCUT2D eigenvalue weighted by Gasteiger charge is -2.27. The Morgan fingerprint density at radius 1 is 1.50 bits per heavy atom. The van der Waals surface area contributed by atoms with Crippen molar-refractivity contribution in [1.82, 2.24) is 10.2 Å². The number of likely N-dealkylation sites (tertiary alicyclic amines) is 1. The largest absolute Gasteiger partial charge is 0.392 e. The average molecular weight is 198 g/mol. The van der Waals surface area contributed by atoms with Gasteiger partial charge < -0.3 is 10.4 Å². The average Bonchev–Trinajstić information content (AvgIpc) is 2.62. The van der Waals surface area contributed by atoms with Crippen molar-refractivity contribution in [1.29, 1.82) is 0 Å². The number of hydrogen-bond donors (Lipinski definition) is 2. The summed E-state index contributed by atoms with van der Waals surface area (Å²) < 4.78 is 0. The van der Waals surface area contributed by atoms with Gasteiger partial charge in [0.15, 0.2) is 0 Å². The van der Waals surface area contributed by atoms with Gasteiger partial charge in [0.05, 0.1) is 6.10 Å². The lowest BCUT2D eigenvalue weighted by atomic mass is 9.93. The van der Waals surface area contributed by atoms with Gasteiger partial charge in [-0.05, 0) is 38.3 Å². The standard InChI is InChI=1S/C11H22N2O/c1-3-11-10-5-12-4-9(10)7-13(11)6-8(2)14/h8-12,14H,3-7H2,1-2H3/t8-,9?,10?,11?/m0/s1. The molecule has 82 valence electrons. The van der Waals surface area contributed by atoms with Crippen LogP contribution in [-0.2, 0) is 0 Å². The summed E-state index contributed by atoms with van der Waals surface area (Å²) in [6.45, 7) is 8.54. The molecular formula is C11H22N2O. The molecule has 3 unspecified atom stereocenters. The summed E-state index contributed by atoms with van der Waals surface area (Å²) in [4.78, 5) is 2.49. The molecule has 3 nitrogen and oxygen atoms in total. The van der Waals surface area contributed by atoms with Gasteiger partial charge in [0.25, 0.3) is 0 Å². The number of fused-ring (bicyclic) bond motifs is 1. The van der Waals surface area contributed by atoms with Gasteiger partial charge in [-0.2, -0.15) is 0 Å². The van der Waals surface area contributed by atoms with E-state index in [2.05, 4.69) is 17.1 Å². The molecule has 0 aromatic heterocycles. The summed E-state index contributed by atoms with van der Waals surface area (Å²) in [7, 11) is 0. The number of β-amino-alcohol motifs (C(OH)–C–C–N with tert-alkyl or cyclic N) is 1. The normalized spacial score (nSPS) is 40.1. The molecule has 0 aromatic rings. The van der Waals surface area contributed by atoms with Gasteiger partial charge in [-0.1, -0.05) is 6.92 Å². The highest BCUT2D eigenvalue weighted by atomic mass is 16.3. The highest BCUT2D eigenvalue weighted by Crippen LogP contribution is 2.33. The maximum atomic E-state index is 9.43. The van der Waals surface area contributed by atoms with Crippen molar-refractivity contribution in [2.45, 2.75) is 32.4 Å². The van der Waals surface area contributed by atoms with E-state index in [-0.39, 0.29) is 6.10 Å². The highest BCUT2D eigenvalue weighted by molar-refractivity contribution is 4.98. The van der Waals surface area contributed by atoms with Gasteiger partial charge in [0.1, 0.15) is 0 Å². The fourth-order valence-corrected chi connectivity index (χ4v) is 3.22. The Labute approximate surface area is 86.5 Å². The summed E-state index contributed by atoms with van der Waals surface area (Å²) >= 11 is 0. The van der Waals surface area contributed by atoms with E-state index in [0.29, 0.717) is 6.04 Å². The summed E-state index contributed by atoms with van der Waals surface area (Å²) in [6.07, 6.45) is 1.03. The van der Waals surface area contributed by atoms with Crippen LogP contribution in [0.5, 0.6) is 0 Å². The Morgan fingerprint density at radius 3 is 2.93 bits per heavy atom. The zero-order valence-corrected chi connectivity index (χ0v) is 9.24. The molecule has 0 saturated carbocycles. The maximum Gasteiger partial charge on any atom is 0.0639 e. The van der Waals surface area contributed by atoms with Crippen molar-refractivity contribution in [3.63, 3.8) is 0 Å². The zero-order valence-electron chi connectivity index (χ0n) is 9.24. The molecule has 0 aromatic carbocycles. The van der Waals surface area contributed by atoms with Crippen LogP contribution in [0, 0.1) is 11.8 Å². The first-order valence-corrected chi connectivity index (χ1v) is 5.85. The van der Waals surface area contributed by atoms with Crippen molar-refractivity contribution in [2.24, 2.45) is 11.8 Å². The summed E-state index contributed by atoms with van der Waals surface area (Å²) in [5.41, 5.74) is 0. The Kier molecular flexibility index (Phi) is 3.10. The maximum absolute atomic E-state index is 9.43. The van der Waals surface area contributed by atoms with Crippen LogP contribution in [0.25, 0.3) is 0 Å². The van der Waals surface area contributed by atoms with Gasteiger partial charge in [-0.15, -0.1) is 0 Å². The van der Waals surface area contributed by atoms with Crippen molar-refractivity contribution in [2.75, 3.05) is 26.2 Å². The molecule has 0 radical (unpaired) electrons. The van der Waals surface area contributed by atoms with Gasteiger partial charge in [-0.25, -0.2) is 0 Å². The van der Waals surface area contributed by atoms with Crippen LogP contribution in [0.4, 0.5) is 0 Å². The smallest absolute Gasteiger partial charge is 0.0639 e. The minimum atomic E-state index is -0.184. The second-order valence-corrected chi connectivity index (χ2v) is 4.86. The predicted octanol–water partition coefficient (Wildman–Crippen LogP) is 0.297. The Hall–Kier alpha value is -0.120. The molecule has 0 spiro atoms. The van der Waals surface area contributed by atoms with Crippen molar-refractivity contribution in [3.05, 3.63) is 0 Å². The molecule has 2 rings (SSSR count). The van der Waals surface area contributed by atoms with E-state index in [1.54, 1.807) is 0 Å². The van der Waals surface area contributed by atoms with Crippen LogP contribution in [0.15, 0.2) is 0 Å². The molecule has 14 heavy (non-hydrogen) atoms. The molecule has 0 aliphatic carbocycles. The lowest BCUT2D eigenvalue weighted by Crippen LogP contribution is -2.39. The Balaban J connectivity index is 1.98. The zero-order chi connectivity index (χ0) is 10.1. The van der Waals surface area contributed by atoms with Crippen LogP contribution in [0.3, 0.4) is 0 Å². The minimum Gasteiger partial charge on any atom is -0.392 e. The summed E-state index contributed by atoms with van der Waals surface area (Å²) in [6, 6.07) is 0.699. The van der Waals surface area contributed by atoms with Crippen LogP contribution in [-0.4, -0.2) is 48.3 Å². The number of hydrogen-bond acceptors (Lipinski definition) is 3. The molecule has 2 fully saturated rings. The Bertz CT molecular complexity index is 196. The van der Waals surface area contributed by atoms with Crippen LogP contribution in [0.1, 0.15) is 20.3 Å².